The van der Waals surface area contributed by atoms with Crippen LogP contribution in [0.25, 0.3) is 21.8 Å². The Bertz CT molecular complexity index is 1890. The average molecular weight is 603 g/mol. The third-order valence-corrected chi connectivity index (χ3v) is 10.2. The van der Waals surface area contributed by atoms with Gasteiger partial charge in [-0.1, -0.05) is 0 Å². The van der Waals surface area contributed by atoms with Gasteiger partial charge in [-0.25, -0.2) is 0 Å². The fourth-order valence-electron chi connectivity index (χ4n) is 8.52. The van der Waals surface area contributed by atoms with Crippen molar-refractivity contribution in [2.45, 2.75) is 56.7 Å². The predicted octanol–water partition coefficient (Wildman–Crippen LogP) is 5.02. The van der Waals surface area contributed by atoms with E-state index in [2.05, 4.69) is 20.8 Å². The first-order valence-electron chi connectivity index (χ1n) is 14.8. The molecule has 0 unspecified atom stereocenters. The van der Waals surface area contributed by atoms with E-state index in [4.69, 9.17) is 28.4 Å². The number of pyridine rings is 2. The van der Waals surface area contributed by atoms with Crippen LogP contribution in [0.1, 0.15) is 56.6 Å². The smallest absolute Gasteiger partial charge is 0.258 e. The van der Waals surface area contributed by atoms with E-state index in [9.17, 15) is 9.59 Å². The number of hydrogen-bond donors (Lipinski definition) is 0. The second-order valence-corrected chi connectivity index (χ2v) is 13.0. The number of fused-ring (bicyclic) bond motifs is 12. The molecule has 0 saturated heterocycles. The number of rotatable bonds is 4. The van der Waals surface area contributed by atoms with Crippen molar-refractivity contribution in [2.24, 2.45) is 20.0 Å². The zero-order chi connectivity index (χ0) is 31.5. The molecule has 4 atom stereocenters. The molecule has 1 aliphatic carbocycles. The third kappa shape index (κ3) is 3.53. The van der Waals surface area contributed by atoms with Crippen LogP contribution in [0.4, 0.5) is 0 Å². The van der Waals surface area contributed by atoms with E-state index in [0.717, 1.165) is 10.8 Å². The minimum absolute atomic E-state index is 0.156. The van der Waals surface area contributed by atoms with Crippen LogP contribution in [0, 0.1) is 5.92 Å². The van der Waals surface area contributed by atoms with Gasteiger partial charge in [0.15, 0.2) is 23.0 Å². The number of benzene rings is 2. The van der Waals surface area contributed by atoms with Gasteiger partial charge in [0.25, 0.3) is 11.1 Å². The Labute approximate surface area is 255 Å². The fourth-order valence-corrected chi connectivity index (χ4v) is 8.52. The van der Waals surface area contributed by atoms with Gasteiger partial charge in [-0.3, -0.25) is 9.59 Å². The summed E-state index contributed by atoms with van der Waals surface area (Å²) in [4.78, 5) is 28.6. The van der Waals surface area contributed by atoms with Crippen molar-refractivity contribution in [3.8, 4) is 34.5 Å². The van der Waals surface area contributed by atoms with Crippen molar-refractivity contribution < 1.29 is 28.4 Å². The average Bonchev–Trinajstić information content (AvgIpc) is 2.99. The number of nitrogens with zero attached hydrogens (tertiary/aromatic N) is 2. The summed E-state index contributed by atoms with van der Waals surface area (Å²) in [6, 6.07) is 7.53. The number of aryl methyl sites for hydroxylation is 2. The second kappa shape index (κ2) is 9.33. The van der Waals surface area contributed by atoms with E-state index in [-0.39, 0.29) is 28.9 Å². The van der Waals surface area contributed by atoms with Crippen LogP contribution >= 0.6 is 0 Å². The van der Waals surface area contributed by atoms with Gasteiger partial charge in [-0.15, -0.1) is 0 Å². The van der Waals surface area contributed by atoms with Crippen molar-refractivity contribution in [3.05, 3.63) is 56.1 Å². The monoisotopic (exact) mass is 602 g/mol. The highest BCUT2D eigenvalue weighted by Crippen LogP contribution is 2.63. The summed E-state index contributed by atoms with van der Waals surface area (Å²) >= 11 is 0. The second-order valence-electron chi connectivity index (χ2n) is 13.0. The molecule has 10 heteroatoms. The summed E-state index contributed by atoms with van der Waals surface area (Å²) in [5.74, 6) is 2.56. The lowest BCUT2D eigenvalue weighted by Crippen LogP contribution is -2.58. The molecule has 1 fully saturated rings. The van der Waals surface area contributed by atoms with Crippen LogP contribution in [-0.4, -0.2) is 48.8 Å². The molecule has 2 bridgehead atoms. The van der Waals surface area contributed by atoms with Gasteiger partial charge >= 0.3 is 0 Å². The molecular weight excluding hydrogens is 564 g/mol. The molecule has 4 aromatic rings. The van der Waals surface area contributed by atoms with Crippen LogP contribution in [0.5, 0.6) is 34.5 Å². The zero-order valence-electron chi connectivity index (χ0n) is 26.6. The Hall–Kier alpha value is -4.34. The van der Waals surface area contributed by atoms with Crippen molar-refractivity contribution in [1.29, 1.82) is 0 Å². The van der Waals surface area contributed by atoms with E-state index in [1.165, 1.54) is 0 Å². The molecule has 2 aromatic carbocycles. The standard InChI is InChI=1S/C34H38N2O8/c1-33(2)24-18(22-27(43-33)16-10-12-20(39-6)29(41-8)25(16)35(4)31(22)37)14-34(3)15-19(24)23-28(44-34)17-11-13-21(40-7)30(42-9)26(17)36(5)32(23)38/h10-13,18-19,24H,14-15H2,1-9H3/t18-,19-,24-,34+/m0/s1. The van der Waals surface area contributed by atoms with E-state index >= 15 is 0 Å². The number of ether oxygens (including phenoxy) is 6. The maximum Gasteiger partial charge on any atom is 0.258 e. The number of methoxy groups -OCH3 is 4. The van der Waals surface area contributed by atoms with Crippen LogP contribution in [0.2, 0.25) is 0 Å². The minimum atomic E-state index is -0.720. The summed E-state index contributed by atoms with van der Waals surface area (Å²) in [6.45, 7) is 6.22. The molecule has 2 aliphatic heterocycles. The highest BCUT2D eigenvalue weighted by atomic mass is 16.5. The molecule has 2 aromatic heterocycles. The van der Waals surface area contributed by atoms with Gasteiger partial charge in [0, 0.05) is 42.6 Å². The number of hydrogen-bond acceptors (Lipinski definition) is 8. The molecular formula is C34H38N2O8. The van der Waals surface area contributed by atoms with E-state index in [1.54, 1.807) is 51.7 Å². The lowest BCUT2D eigenvalue weighted by molar-refractivity contribution is -0.0798. The number of aromatic nitrogens is 2. The first-order valence-corrected chi connectivity index (χ1v) is 14.8. The Balaban J connectivity index is 1.51. The van der Waals surface area contributed by atoms with Gasteiger partial charge in [-0.2, -0.15) is 0 Å². The molecule has 0 radical (unpaired) electrons. The van der Waals surface area contributed by atoms with Crippen LogP contribution in [-0.2, 0) is 14.1 Å². The van der Waals surface area contributed by atoms with E-state index in [0.29, 0.717) is 69.5 Å². The van der Waals surface area contributed by atoms with Crippen LogP contribution < -0.4 is 39.5 Å². The molecule has 0 amide bonds. The molecule has 0 N–H and O–H groups in total. The van der Waals surface area contributed by atoms with Crippen molar-refractivity contribution in [1.82, 2.24) is 9.13 Å². The largest absolute Gasteiger partial charge is 0.493 e. The summed E-state index contributed by atoms with van der Waals surface area (Å²) in [7, 11) is 9.79. The third-order valence-electron chi connectivity index (χ3n) is 10.2. The van der Waals surface area contributed by atoms with Crippen molar-refractivity contribution in [2.75, 3.05) is 28.4 Å². The van der Waals surface area contributed by atoms with Gasteiger partial charge in [0.2, 0.25) is 0 Å². The van der Waals surface area contributed by atoms with Crippen LogP contribution in [0.3, 0.4) is 0 Å². The van der Waals surface area contributed by atoms with Gasteiger partial charge in [0.1, 0.15) is 33.7 Å². The summed E-state index contributed by atoms with van der Waals surface area (Å²) in [5, 5.41) is 1.56. The van der Waals surface area contributed by atoms with Gasteiger partial charge in [0.05, 0.1) is 39.6 Å². The fraction of sp³-hybridized carbons (Fsp3) is 0.471. The first kappa shape index (κ1) is 28.4. The molecule has 10 nitrogen and oxygen atoms in total. The van der Waals surface area contributed by atoms with Crippen molar-refractivity contribution in [3.63, 3.8) is 0 Å². The van der Waals surface area contributed by atoms with E-state index < -0.39 is 11.2 Å². The van der Waals surface area contributed by atoms with Gasteiger partial charge in [-0.05, 0) is 57.9 Å². The maximum atomic E-state index is 14.3. The normalized spacial score (nSPS) is 24.4. The molecule has 0 spiro atoms. The topological polar surface area (TPSA) is 99.4 Å². The Morgan fingerprint density at radius 1 is 0.682 bits per heavy atom. The quantitative estimate of drug-likeness (QED) is 0.321. The lowest BCUT2D eigenvalue weighted by atomic mass is 9.56. The summed E-state index contributed by atoms with van der Waals surface area (Å²) < 4.78 is 39.5. The molecule has 3 aliphatic rings. The van der Waals surface area contributed by atoms with E-state index in [1.807, 2.05) is 24.3 Å². The first-order chi connectivity index (χ1) is 20.9. The summed E-state index contributed by atoms with van der Waals surface area (Å²) in [6.07, 6.45) is 1.22. The molecule has 44 heavy (non-hydrogen) atoms. The lowest BCUT2D eigenvalue weighted by Gasteiger charge is -2.57. The highest BCUT2D eigenvalue weighted by Gasteiger charge is 2.59. The SMILES string of the molecule is COc1ccc2c3c(c(=O)n(C)c2c1OC)[C@@H]1C[C@]2(C)C[C@@H](c4c(c5ccc(OC)c(OC)c5n(C)c4=O)O2)[C@H]1C(C)(C)O3. The molecule has 4 heterocycles. The van der Waals surface area contributed by atoms with Gasteiger partial charge < -0.3 is 37.6 Å². The summed E-state index contributed by atoms with van der Waals surface area (Å²) in [5.41, 5.74) is 0.791. The van der Waals surface area contributed by atoms with Crippen LogP contribution in [0.15, 0.2) is 33.9 Å². The zero-order valence-corrected chi connectivity index (χ0v) is 26.6. The Morgan fingerprint density at radius 3 is 1.52 bits per heavy atom. The Kier molecular flexibility index (Phi) is 6.03. The predicted molar refractivity (Wildman–Crippen MR) is 167 cm³/mol. The molecule has 7 rings (SSSR count). The highest BCUT2D eigenvalue weighted by molar-refractivity contribution is 5.95. The minimum Gasteiger partial charge on any atom is -0.493 e. The molecule has 232 valence electrons. The Morgan fingerprint density at radius 2 is 1.11 bits per heavy atom. The van der Waals surface area contributed by atoms with Crippen molar-refractivity contribution >= 4 is 21.8 Å². The molecule has 1 saturated carbocycles. The maximum absolute atomic E-state index is 14.3.